The van der Waals surface area contributed by atoms with Crippen molar-refractivity contribution in [2.75, 3.05) is 6.26 Å². The third kappa shape index (κ3) is 1.26. The van der Waals surface area contributed by atoms with E-state index in [0.29, 0.717) is 0 Å². The number of rotatable bonds is 1. The number of H-pyrrole nitrogens is 1. The van der Waals surface area contributed by atoms with Crippen molar-refractivity contribution in [3.63, 3.8) is 0 Å². The molecule has 1 aromatic heterocycles. The molecule has 6 heteroatoms. The number of tetrazole rings is 1. The summed E-state index contributed by atoms with van der Waals surface area (Å²) in [4.78, 5) is 10.7. The first kappa shape index (κ1) is 6.21. The van der Waals surface area contributed by atoms with Crippen molar-refractivity contribution in [3.05, 3.63) is 5.82 Å². The number of carbonyl (C=O) groups is 1. The normalized spacial score (nSPS) is 9.44. The second-order valence-corrected chi connectivity index (χ2v) is 2.01. The van der Waals surface area contributed by atoms with E-state index in [2.05, 4.69) is 20.6 Å². The van der Waals surface area contributed by atoms with Crippen LogP contribution in [0.3, 0.4) is 0 Å². The number of carbonyl (C=O) groups excluding carboxylic acids is 1. The average Bonchev–Trinajstić information content (AvgIpc) is 2.37. The minimum absolute atomic E-state index is 0.127. The average molecular weight is 144 g/mol. The summed E-state index contributed by atoms with van der Waals surface area (Å²) in [5.74, 6) is 0.127. The van der Waals surface area contributed by atoms with Gasteiger partial charge in [0.1, 0.15) is 0 Å². The Kier molecular flexibility index (Phi) is 1.78. The number of hydrogen-bond donors (Lipinski definition) is 1. The van der Waals surface area contributed by atoms with Gasteiger partial charge in [0.2, 0.25) is 0 Å². The Morgan fingerprint density at radius 1 is 1.78 bits per heavy atom. The Morgan fingerprint density at radius 2 is 2.56 bits per heavy atom. The monoisotopic (exact) mass is 144 g/mol. The first-order valence-electron chi connectivity index (χ1n) is 2.16. The molecule has 0 aliphatic heterocycles. The van der Waals surface area contributed by atoms with Crippen LogP contribution in [0.4, 0.5) is 0 Å². The molecule has 0 saturated heterocycles. The van der Waals surface area contributed by atoms with Crippen LogP contribution in [-0.4, -0.2) is 32.0 Å². The first-order valence-corrected chi connectivity index (χ1v) is 3.39. The summed E-state index contributed by atoms with van der Waals surface area (Å²) in [5, 5.41) is 12.2. The quantitative estimate of drug-likeness (QED) is 0.586. The van der Waals surface area contributed by atoms with Crippen LogP contribution in [0.15, 0.2) is 0 Å². The van der Waals surface area contributed by atoms with E-state index in [9.17, 15) is 4.79 Å². The number of nitrogens with zero attached hydrogens (tertiary/aromatic N) is 3. The van der Waals surface area contributed by atoms with Crippen molar-refractivity contribution in [1.29, 1.82) is 0 Å². The molecule has 0 aromatic carbocycles. The summed E-state index contributed by atoms with van der Waals surface area (Å²) in [7, 11) is 0. The van der Waals surface area contributed by atoms with E-state index in [0.717, 1.165) is 11.8 Å². The Hall–Kier alpha value is -0.910. The molecule has 0 radical (unpaired) electrons. The van der Waals surface area contributed by atoms with Gasteiger partial charge in [0.15, 0.2) is 0 Å². The van der Waals surface area contributed by atoms with Gasteiger partial charge in [-0.1, -0.05) is 11.8 Å². The van der Waals surface area contributed by atoms with Crippen LogP contribution >= 0.6 is 11.8 Å². The minimum Gasteiger partial charge on any atom is -0.278 e. The van der Waals surface area contributed by atoms with Crippen LogP contribution in [-0.2, 0) is 0 Å². The lowest BCUT2D eigenvalue weighted by atomic mass is 10.7. The topological polar surface area (TPSA) is 71.5 Å². The number of aromatic nitrogens is 4. The molecule has 0 amide bonds. The largest absolute Gasteiger partial charge is 0.278 e. The predicted octanol–water partition coefficient (Wildman–Crippen LogP) is -0.297. The fourth-order valence-corrected chi connectivity index (χ4v) is 0.609. The highest BCUT2D eigenvalue weighted by Crippen LogP contribution is 1.99. The number of nitrogens with one attached hydrogen (secondary N) is 1. The lowest BCUT2D eigenvalue weighted by Gasteiger charge is -1.81. The lowest BCUT2D eigenvalue weighted by Crippen LogP contribution is -1.94. The molecule has 0 aliphatic rings. The van der Waals surface area contributed by atoms with Crippen LogP contribution in [0.1, 0.15) is 10.6 Å². The smallest absolute Gasteiger partial charge is 0.260 e. The van der Waals surface area contributed by atoms with E-state index in [-0.39, 0.29) is 10.9 Å². The Balaban J connectivity index is 2.77. The number of thioether (sulfide) groups is 1. The SMILES string of the molecule is CSC(=O)c1nn[nH]n1. The van der Waals surface area contributed by atoms with Crippen LogP contribution in [0.25, 0.3) is 0 Å². The molecule has 0 fully saturated rings. The molecule has 1 rings (SSSR count). The zero-order chi connectivity index (χ0) is 6.69. The standard InChI is InChI=1S/C3H4N4OS/c1-9-3(8)2-4-6-7-5-2/h1H3,(H,4,5,6,7). The van der Waals surface area contributed by atoms with Gasteiger partial charge in [-0.05, 0) is 11.5 Å². The zero-order valence-electron chi connectivity index (χ0n) is 4.66. The molecular formula is C3H4N4OS. The summed E-state index contributed by atoms with van der Waals surface area (Å²) < 4.78 is 0. The molecular weight excluding hydrogens is 140 g/mol. The molecule has 0 saturated carbocycles. The molecule has 1 heterocycles. The Bertz CT molecular complexity index is 196. The summed E-state index contributed by atoms with van der Waals surface area (Å²) in [5.41, 5.74) is 0. The molecule has 0 unspecified atom stereocenters. The number of aromatic amines is 1. The van der Waals surface area contributed by atoms with E-state index in [4.69, 9.17) is 0 Å². The summed E-state index contributed by atoms with van der Waals surface area (Å²) >= 11 is 1.06. The summed E-state index contributed by atoms with van der Waals surface area (Å²) in [6.45, 7) is 0. The van der Waals surface area contributed by atoms with Crippen LogP contribution in [0, 0.1) is 0 Å². The van der Waals surface area contributed by atoms with Gasteiger partial charge in [0.05, 0.1) is 0 Å². The van der Waals surface area contributed by atoms with E-state index in [1.54, 1.807) is 6.26 Å². The molecule has 0 bridgehead atoms. The van der Waals surface area contributed by atoms with Gasteiger partial charge in [0, 0.05) is 0 Å². The second kappa shape index (κ2) is 2.58. The lowest BCUT2D eigenvalue weighted by molar-refractivity contribution is 0.108. The Morgan fingerprint density at radius 3 is 3.00 bits per heavy atom. The maximum Gasteiger partial charge on any atom is 0.260 e. The third-order valence-corrected chi connectivity index (χ3v) is 1.27. The van der Waals surface area contributed by atoms with E-state index in [1.165, 1.54) is 0 Å². The third-order valence-electron chi connectivity index (χ3n) is 0.713. The Labute approximate surface area is 55.2 Å². The molecule has 1 N–H and O–H groups in total. The van der Waals surface area contributed by atoms with Gasteiger partial charge in [-0.3, -0.25) is 4.79 Å². The van der Waals surface area contributed by atoms with Gasteiger partial charge < -0.3 is 0 Å². The van der Waals surface area contributed by atoms with Crippen molar-refractivity contribution in [1.82, 2.24) is 20.6 Å². The van der Waals surface area contributed by atoms with Crippen molar-refractivity contribution < 1.29 is 4.79 Å². The molecule has 1 aromatic rings. The zero-order valence-corrected chi connectivity index (χ0v) is 5.47. The van der Waals surface area contributed by atoms with Crippen LogP contribution < -0.4 is 0 Å². The highest BCUT2D eigenvalue weighted by molar-refractivity contribution is 8.13. The highest BCUT2D eigenvalue weighted by atomic mass is 32.2. The van der Waals surface area contributed by atoms with E-state index in [1.807, 2.05) is 0 Å². The second-order valence-electron chi connectivity index (χ2n) is 1.23. The molecule has 0 atom stereocenters. The molecule has 0 aliphatic carbocycles. The van der Waals surface area contributed by atoms with Gasteiger partial charge >= 0.3 is 0 Å². The fraction of sp³-hybridized carbons (Fsp3) is 0.333. The number of hydrogen-bond acceptors (Lipinski definition) is 5. The van der Waals surface area contributed by atoms with Crippen molar-refractivity contribution in [2.24, 2.45) is 0 Å². The first-order chi connectivity index (χ1) is 4.34. The van der Waals surface area contributed by atoms with Gasteiger partial charge in [-0.2, -0.15) is 5.21 Å². The van der Waals surface area contributed by atoms with Crippen LogP contribution in [0.5, 0.6) is 0 Å². The molecule has 9 heavy (non-hydrogen) atoms. The summed E-state index contributed by atoms with van der Waals surface area (Å²) in [6, 6.07) is 0. The fourth-order valence-electron chi connectivity index (χ4n) is 0.340. The predicted molar refractivity (Wildman–Crippen MR) is 32.0 cm³/mol. The minimum atomic E-state index is -0.177. The molecule has 5 nitrogen and oxygen atoms in total. The van der Waals surface area contributed by atoms with Crippen LogP contribution in [0.2, 0.25) is 0 Å². The summed E-state index contributed by atoms with van der Waals surface area (Å²) in [6.07, 6.45) is 1.67. The van der Waals surface area contributed by atoms with Gasteiger partial charge in [-0.15, -0.1) is 10.2 Å². The maximum absolute atomic E-state index is 10.7. The van der Waals surface area contributed by atoms with Crippen molar-refractivity contribution >= 4 is 16.9 Å². The van der Waals surface area contributed by atoms with E-state index >= 15 is 0 Å². The van der Waals surface area contributed by atoms with E-state index < -0.39 is 0 Å². The molecule has 0 spiro atoms. The maximum atomic E-state index is 10.7. The van der Waals surface area contributed by atoms with Gasteiger partial charge in [-0.25, -0.2) is 0 Å². The van der Waals surface area contributed by atoms with Gasteiger partial charge in [0.25, 0.3) is 10.9 Å². The van der Waals surface area contributed by atoms with Crippen molar-refractivity contribution in [2.45, 2.75) is 0 Å². The highest BCUT2D eigenvalue weighted by Gasteiger charge is 2.06. The van der Waals surface area contributed by atoms with Crippen molar-refractivity contribution in [3.8, 4) is 0 Å². The molecule has 48 valence electrons.